The number of nitrogens with one attached hydrogen (secondary N) is 1. The van der Waals surface area contributed by atoms with Gasteiger partial charge in [-0.05, 0) is 24.3 Å². The van der Waals surface area contributed by atoms with E-state index in [1.54, 1.807) is 12.1 Å². The number of methoxy groups -OCH3 is 1. The van der Waals surface area contributed by atoms with Gasteiger partial charge in [-0.25, -0.2) is 13.6 Å². The number of carbonyl (C=O) groups excluding carboxylic acids is 1. The number of aromatic nitrogens is 1. The largest absolute Gasteiger partial charge is 0.465 e. The third kappa shape index (κ3) is 1.66. The van der Waals surface area contributed by atoms with Gasteiger partial charge in [0.15, 0.2) is 11.6 Å². The average molecular weight is 261 g/mol. The van der Waals surface area contributed by atoms with Crippen LogP contribution in [0, 0.1) is 11.6 Å². The van der Waals surface area contributed by atoms with Gasteiger partial charge in [0.05, 0.1) is 12.7 Å². The molecule has 1 heterocycles. The minimum Gasteiger partial charge on any atom is -0.465 e. The van der Waals surface area contributed by atoms with Crippen LogP contribution in [0.25, 0.3) is 21.8 Å². The first-order valence-corrected chi connectivity index (χ1v) is 5.59. The Morgan fingerprint density at radius 1 is 1.16 bits per heavy atom. The first-order chi connectivity index (χ1) is 9.11. The van der Waals surface area contributed by atoms with Crippen molar-refractivity contribution in [2.45, 2.75) is 0 Å². The van der Waals surface area contributed by atoms with Gasteiger partial charge >= 0.3 is 5.97 Å². The van der Waals surface area contributed by atoms with Gasteiger partial charge in [0.25, 0.3) is 0 Å². The monoisotopic (exact) mass is 261 g/mol. The van der Waals surface area contributed by atoms with Gasteiger partial charge < -0.3 is 9.72 Å². The van der Waals surface area contributed by atoms with Gasteiger partial charge in [-0.15, -0.1) is 0 Å². The minimum absolute atomic E-state index is 0.186. The highest BCUT2D eigenvalue weighted by Gasteiger charge is 2.14. The van der Waals surface area contributed by atoms with Crippen LogP contribution in [0.4, 0.5) is 8.78 Å². The number of H-pyrrole nitrogens is 1. The van der Waals surface area contributed by atoms with Gasteiger partial charge in [-0.3, -0.25) is 0 Å². The summed E-state index contributed by atoms with van der Waals surface area (Å²) in [5.41, 5.74) is 1.39. The number of benzene rings is 2. The normalized spacial score (nSPS) is 11.1. The molecule has 96 valence electrons. The topological polar surface area (TPSA) is 42.1 Å². The first kappa shape index (κ1) is 11.6. The maximum absolute atomic E-state index is 13.8. The maximum atomic E-state index is 13.8. The van der Waals surface area contributed by atoms with Crippen molar-refractivity contribution < 1.29 is 18.3 Å². The van der Waals surface area contributed by atoms with Crippen molar-refractivity contribution in [3.8, 4) is 0 Å². The van der Waals surface area contributed by atoms with Gasteiger partial charge in [0.2, 0.25) is 0 Å². The van der Waals surface area contributed by atoms with Gasteiger partial charge in [0.1, 0.15) is 0 Å². The third-order valence-electron chi connectivity index (χ3n) is 3.07. The molecule has 1 N–H and O–H groups in total. The molecule has 0 saturated heterocycles. The number of halogens is 2. The lowest BCUT2D eigenvalue weighted by molar-refractivity contribution is 0.0601. The van der Waals surface area contributed by atoms with Crippen molar-refractivity contribution in [2.75, 3.05) is 7.11 Å². The molecule has 0 aliphatic rings. The molecule has 19 heavy (non-hydrogen) atoms. The van der Waals surface area contributed by atoms with Crippen LogP contribution in [-0.2, 0) is 4.74 Å². The van der Waals surface area contributed by atoms with Crippen LogP contribution >= 0.6 is 0 Å². The number of hydrogen-bond donors (Lipinski definition) is 1. The molecule has 3 rings (SSSR count). The Morgan fingerprint density at radius 3 is 2.68 bits per heavy atom. The smallest absolute Gasteiger partial charge is 0.337 e. The van der Waals surface area contributed by atoms with E-state index in [0.717, 1.165) is 6.07 Å². The van der Waals surface area contributed by atoms with Crippen molar-refractivity contribution in [1.29, 1.82) is 0 Å². The van der Waals surface area contributed by atoms with E-state index in [1.165, 1.54) is 19.2 Å². The Bertz CT molecular complexity index is 808. The highest BCUT2D eigenvalue weighted by Crippen LogP contribution is 2.29. The lowest BCUT2D eigenvalue weighted by Crippen LogP contribution is -2.00. The Kier molecular flexibility index (Phi) is 2.48. The predicted octanol–water partition coefficient (Wildman–Crippen LogP) is 3.39. The molecular formula is C14H9F2NO2. The van der Waals surface area contributed by atoms with E-state index in [2.05, 4.69) is 9.72 Å². The van der Waals surface area contributed by atoms with E-state index in [0.29, 0.717) is 22.0 Å². The number of rotatable bonds is 1. The molecule has 0 amide bonds. The van der Waals surface area contributed by atoms with Crippen LogP contribution in [0.5, 0.6) is 0 Å². The lowest BCUT2D eigenvalue weighted by atomic mass is 10.1. The van der Waals surface area contributed by atoms with Crippen LogP contribution in [-0.4, -0.2) is 18.1 Å². The molecule has 3 aromatic rings. The van der Waals surface area contributed by atoms with E-state index in [9.17, 15) is 13.6 Å². The van der Waals surface area contributed by atoms with Crippen molar-refractivity contribution in [3.63, 3.8) is 0 Å². The zero-order chi connectivity index (χ0) is 13.6. The Morgan fingerprint density at radius 2 is 1.95 bits per heavy atom. The summed E-state index contributed by atoms with van der Waals surface area (Å²) in [6.45, 7) is 0. The molecule has 5 heteroatoms. The second-order valence-electron chi connectivity index (χ2n) is 4.16. The second kappa shape index (κ2) is 4.05. The molecule has 0 aliphatic carbocycles. The van der Waals surface area contributed by atoms with E-state index < -0.39 is 17.6 Å². The van der Waals surface area contributed by atoms with Crippen LogP contribution in [0.2, 0.25) is 0 Å². The maximum Gasteiger partial charge on any atom is 0.337 e. The molecule has 0 spiro atoms. The third-order valence-corrected chi connectivity index (χ3v) is 3.07. The molecule has 0 radical (unpaired) electrons. The van der Waals surface area contributed by atoms with Crippen LogP contribution in [0.1, 0.15) is 10.4 Å². The van der Waals surface area contributed by atoms with Crippen LogP contribution in [0.15, 0.2) is 30.3 Å². The fourth-order valence-electron chi connectivity index (χ4n) is 2.17. The number of carbonyl (C=O) groups is 1. The Balaban J connectivity index is 2.35. The van der Waals surface area contributed by atoms with Crippen LogP contribution in [0.3, 0.4) is 0 Å². The molecule has 0 atom stereocenters. The molecule has 1 aromatic heterocycles. The summed E-state index contributed by atoms with van der Waals surface area (Å²) < 4.78 is 31.7. The number of ether oxygens (including phenoxy) is 1. The molecule has 0 bridgehead atoms. The highest BCUT2D eigenvalue weighted by molar-refractivity contribution is 6.09. The second-order valence-corrected chi connectivity index (χ2v) is 4.16. The zero-order valence-electron chi connectivity index (χ0n) is 9.96. The molecule has 3 nitrogen and oxygen atoms in total. The first-order valence-electron chi connectivity index (χ1n) is 5.59. The minimum atomic E-state index is -0.898. The zero-order valence-corrected chi connectivity index (χ0v) is 9.96. The van der Waals surface area contributed by atoms with E-state index >= 15 is 0 Å². The van der Waals surface area contributed by atoms with Crippen molar-refractivity contribution in [1.82, 2.24) is 4.98 Å². The van der Waals surface area contributed by atoms with E-state index in [-0.39, 0.29) is 5.39 Å². The van der Waals surface area contributed by atoms with Crippen LogP contribution < -0.4 is 0 Å². The summed E-state index contributed by atoms with van der Waals surface area (Å²) in [7, 11) is 1.28. The SMILES string of the molecule is COC(=O)c1ccc2c(c1)[nH]c1ccc(F)c(F)c12. The Hall–Kier alpha value is -2.43. The number of esters is 1. The molecular weight excluding hydrogens is 252 g/mol. The Labute approximate surface area is 106 Å². The lowest BCUT2D eigenvalue weighted by Gasteiger charge is -1.99. The quantitative estimate of drug-likeness (QED) is 0.682. The molecule has 0 fully saturated rings. The molecule has 2 aromatic carbocycles. The highest BCUT2D eigenvalue weighted by atomic mass is 19.2. The van der Waals surface area contributed by atoms with Gasteiger partial charge in [0, 0.05) is 21.8 Å². The summed E-state index contributed by atoms with van der Waals surface area (Å²) in [5.74, 6) is -2.27. The average Bonchev–Trinajstić information content (AvgIpc) is 2.80. The standard InChI is InChI=1S/C14H9F2NO2/c1-19-14(18)7-2-3-8-11(6-7)17-10-5-4-9(15)13(16)12(8)10/h2-6,17H,1H3. The number of aromatic amines is 1. The van der Waals surface area contributed by atoms with E-state index in [4.69, 9.17) is 0 Å². The van der Waals surface area contributed by atoms with Gasteiger partial charge in [-0.2, -0.15) is 0 Å². The summed E-state index contributed by atoms with van der Waals surface area (Å²) in [6.07, 6.45) is 0. The van der Waals surface area contributed by atoms with Crippen molar-refractivity contribution >= 4 is 27.8 Å². The fourth-order valence-corrected chi connectivity index (χ4v) is 2.17. The number of hydrogen-bond acceptors (Lipinski definition) is 2. The summed E-state index contributed by atoms with van der Waals surface area (Å²) in [6, 6.07) is 7.17. The van der Waals surface area contributed by atoms with Crippen molar-refractivity contribution in [2.24, 2.45) is 0 Å². The molecule has 0 unspecified atom stereocenters. The van der Waals surface area contributed by atoms with Gasteiger partial charge in [-0.1, -0.05) is 6.07 Å². The molecule has 0 aliphatic heterocycles. The van der Waals surface area contributed by atoms with E-state index in [1.807, 2.05) is 0 Å². The summed E-state index contributed by atoms with van der Waals surface area (Å²) in [4.78, 5) is 14.4. The van der Waals surface area contributed by atoms with Crippen molar-refractivity contribution in [3.05, 3.63) is 47.5 Å². The summed E-state index contributed by atoms with van der Waals surface area (Å²) >= 11 is 0. The molecule has 0 saturated carbocycles. The summed E-state index contributed by atoms with van der Waals surface area (Å²) in [5, 5.41) is 0.714. The number of fused-ring (bicyclic) bond motifs is 3. The predicted molar refractivity (Wildman–Crippen MR) is 67.1 cm³/mol. The fraction of sp³-hybridized carbons (Fsp3) is 0.0714.